The van der Waals surface area contributed by atoms with Crippen LogP contribution in [0.25, 0.3) is 0 Å². The Labute approximate surface area is 186 Å². The van der Waals surface area contributed by atoms with E-state index in [-0.39, 0.29) is 12.0 Å². The van der Waals surface area contributed by atoms with Gasteiger partial charge in [0.2, 0.25) is 0 Å². The summed E-state index contributed by atoms with van der Waals surface area (Å²) in [5.74, 6) is 2.51. The van der Waals surface area contributed by atoms with Crippen LogP contribution in [0.3, 0.4) is 0 Å². The molecule has 1 fully saturated rings. The van der Waals surface area contributed by atoms with Crippen molar-refractivity contribution >= 4 is 5.69 Å². The Hall–Kier alpha value is -2.44. The zero-order valence-electron chi connectivity index (χ0n) is 19.4. The van der Waals surface area contributed by atoms with Crippen molar-refractivity contribution in [3.8, 4) is 17.2 Å². The summed E-state index contributed by atoms with van der Waals surface area (Å²) in [7, 11) is 3.39. The molecule has 0 aromatic heterocycles. The van der Waals surface area contributed by atoms with Crippen molar-refractivity contribution in [1.29, 1.82) is 0 Å². The molecule has 3 rings (SSSR count). The van der Waals surface area contributed by atoms with Gasteiger partial charge in [0.25, 0.3) is 0 Å². The fourth-order valence-electron chi connectivity index (χ4n) is 3.97. The molecule has 0 bridgehead atoms. The summed E-state index contributed by atoms with van der Waals surface area (Å²) in [5, 5.41) is 10.5. The number of anilines is 1. The normalized spacial score (nSPS) is 16.1. The van der Waals surface area contributed by atoms with Crippen LogP contribution in [0.4, 0.5) is 5.69 Å². The van der Waals surface area contributed by atoms with Gasteiger partial charge in [-0.15, -0.1) is 0 Å². The van der Waals surface area contributed by atoms with Crippen molar-refractivity contribution < 1.29 is 19.3 Å². The molecule has 0 amide bonds. The van der Waals surface area contributed by atoms with Crippen LogP contribution in [0.1, 0.15) is 26.3 Å². The van der Waals surface area contributed by atoms with Crippen LogP contribution in [0, 0.1) is 0 Å². The van der Waals surface area contributed by atoms with Crippen LogP contribution in [0.5, 0.6) is 17.2 Å². The molecule has 2 aromatic carbocycles. The van der Waals surface area contributed by atoms with Crippen LogP contribution >= 0.6 is 0 Å². The average Bonchev–Trinajstić information content (AvgIpc) is 2.77. The zero-order chi connectivity index (χ0) is 22.4. The first-order valence-corrected chi connectivity index (χ1v) is 10.9. The number of benzene rings is 2. The maximum absolute atomic E-state index is 10.5. The SMILES string of the molecule is COc1ccccc1N1CCN(CC(O)COc2ccc(OC)c(C(C)(C)C)c2)CC1. The van der Waals surface area contributed by atoms with Gasteiger partial charge >= 0.3 is 0 Å². The number of nitrogens with zero attached hydrogens (tertiary/aromatic N) is 2. The first-order chi connectivity index (χ1) is 14.8. The Morgan fingerprint density at radius 3 is 2.26 bits per heavy atom. The summed E-state index contributed by atoms with van der Waals surface area (Å²) >= 11 is 0. The minimum absolute atomic E-state index is 0.0512. The summed E-state index contributed by atoms with van der Waals surface area (Å²) < 4.78 is 16.9. The van der Waals surface area contributed by atoms with E-state index >= 15 is 0 Å². The molecule has 0 spiro atoms. The second-order valence-corrected chi connectivity index (χ2v) is 9.04. The smallest absolute Gasteiger partial charge is 0.142 e. The molecule has 0 saturated carbocycles. The number of hydrogen-bond donors (Lipinski definition) is 1. The van der Waals surface area contributed by atoms with Crippen LogP contribution in [-0.2, 0) is 5.41 Å². The lowest BCUT2D eigenvalue weighted by Gasteiger charge is -2.37. The van der Waals surface area contributed by atoms with Gasteiger partial charge in [0, 0.05) is 38.3 Å². The molecule has 0 aliphatic carbocycles. The van der Waals surface area contributed by atoms with Crippen LogP contribution in [0.2, 0.25) is 0 Å². The largest absolute Gasteiger partial charge is 0.496 e. The number of piperazine rings is 1. The highest BCUT2D eigenvalue weighted by Gasteiger charge is 2.22. The lowest BCUT2D eigenvalue weighted by Crippen LogP contribution is -2.49. The predicted octanol–water partition coefficient (Wildman–Crippen LogP) is 3.56. The number of rotatable bonds is 8. The van der Waals surface area contributed by atoms with Gasteiger partial charge in [-0.3, -0.25) is 4.90 Å². The van der Waals surface area contributed by atoms with E-state index in [1.54, 1.807) is 14.2 Å². The van der Waals surface area contributed by atoms with Gasteiger partial charge in [0.15, 0.2) is 0 Å². The van der Waals surface area contributed by atoms with Crippen LogP contribution < -0.4 is 19.1 Å². The summed E-state index contributed by atoms with van der Waals surface area (Å²) in [4.78, 5) is 4.62. The molecule has 1 unspecified atom stereocenters. The summed E-state index contributed by atoms with van der Waals surface area (Å²) in [6, 6.07) is 14.0. The van der Waals surface area contributed by atoms with Crippen LogP contribution in [-0.4, -0.2) is 69.7 Å². The fourth-order valence-corrected chi connectivity index (χ4v) is 3.97. The number of methoxy groups -OCH3 is 2. The topological polar surface area (TPSA) is 54.4 Å². The average molecular weight is 429 g/mol. The van der Waals surface area contributed by atoms with E-state index in [0.717, 1.165) is 54.7 Å². The van der Waals surface area contributed by atoms with E-state index in [1.807, 2.05) is 36.4 Å². The molecular formula is C25H36N2O4. The van der Waals surface area contributed by atoms with Crippen molar-refractivity contribution in [1.82, 2.24) is 4.90 Å². The van der Waals surface area contributed by atoms with Gasteiger partial charge in [-0.05, 0) is 35.7 Å². The Morgan fingerprint density at radius 2 is 1.61 bits per heavy atom. The lowest BCUT2D eigenvalue weighted by atomic mass is 9.86. The Balaban J connectivity index is 1.49. The second-order valence-electron chi connectivity index (χ2n) is 9.04. The van der Waals surface area contributed by atoms with Crippen molar-refractivity contribution in [3.63, 3.8) is 0 Å². The lowest BCUT2D eigenvalue weighted by molar-refractivity contribution is 0.0662. The molecule has 1 aliphatic rings. The zero-order valence-corrected chi connectivity index (χ0v) is 19.4. The first kappa shape index (κ1) is 23.2. The molecular weight excluding hydrogens is 392 g/mol. The minimum atomic E-state index is -0.544. The molecule has 6 nitrogen and oxygen atoms in total. The third kappa shape index (κ3) is 6.05. The maximum atomic E-state index is 10.5. The molecule has 1 aliphatic heterocycles. The van der Waals surface area contributed by atoms with Gasteiger partial charge in [0.05, 0.1) is 19.9 Å². The van der Waals surface area contributed by atoms with Crippen LogP contribution in [0.15, 0.2) is 42.5 Å². The maximum Gasteiger partial charge on any atom is 0.142 e. The van der Waals surface area contributed by atoms with Gasteiger partial charge in [-0.2, -0.15) is 0 Å². The minimum Gasteiger partial charge on any atom is -0.496 e. The van der Waals surface area contributed by atoms with E-state index in [9.17, 15) is 5.11 Å². The van der Waals surface area contributed by atoms with E-state index in [0.29, 0.717) is 6.54 Å². The second kappa shape index (κ2) is 10.2. The summed E-state index contributed by atoms with van der Waals surface area (Å²) in [6.45, 7) is 10.9. The molecule has 6 heteroatoms. The van der Waals surface area contributed by atoms with Crippen molar-refractivity contribution in [3.05, 3.63) is 48.0 Å². The van der Waals surface area contributed by atoms with Gasteiger partial charge in [-0.25, -0.2) is 0 Å². The number of aliphatic hydroxyl groups is 1. The molecule has 170 valence electrons. The molecule has 1 atom stereocenters. The number of β-amino-alcohol motifs (C(OH)–C–C–N with tert-alkyl or cyclic N) is 1. The molecule has 2 aromatic rings. The first-order valence-electron chi connectivity index (χ1n) is 10.9. The predicted molar refractivity (Wildman–Crippen MR) is 125 cm³/mol. The molecule has 31 heavy (non-hydrogen) atoms. The summed E-state index contributed by atoms with van der Waals surface area (Å²) in [5.41, 5.74) is 2.17. The third-order valence-corrected chi connectivity index (χ3v) is 5.69. The number of ether oxygens (including phenoxy) is 3. The van der Waals surface area contributed by atoms with Gasteiger partial charge in [0.1, 0.15) is 30.0 Å². The highest BCUT2D eigenvalue weighted by molar-refractivity contribution is 5.58. The van der Waals surface area contributed by atoms with E-state index in [1.165, 1.54) is 0 Å². The number of para-hydroxylation sites is 2. The van der Waals surface area contributed by atoms with E-state index < -0.39 is 6.10 Å². The highest BCUT2D eigenvalue weighted by atomic mass is 16.5. The monoisotopic (exact) mass is 428 g/mol. The van der Waals surface area contributed by atoms with Crippen molar-refractivity contribution in [2.75, 3.05) is 58.5 Å². The Morgan fingerprint density at radius 1 is 0.935 bits per heavy atom. The summed E-state index contributed by atoms with van der Waals surface area (Å²) in [6.07, 6.45) is -0.544. The number of hydrogen-bond acceptors (Lipinski definition) is 6. The van der Waals surface area contributed by atoms with E-state index in [4.69, 9.17) is 14.2 Å². The molecule has 1 N–H and O–H groups in total. The molecule has 1 heterocycles. The molecule has 0 radical (unpaired) electrons. The van der Waals surface area contributed by atoms with Crippen molar-refractivity contribution in [2.24, 2.45) is 0 Å². The quantitative estimate of drug-likeness (QED) is 0.694. The Bertz CT molecular complexity index is 842. The van der Waals surface area contributed by atoms with Gasteiger partial charge in [-0.1, -0.05) is 32.9 Å². The molecule has 1 saturated heterocycles. The van der Waals surface area contributed by atoms with E-state index in [2.05, 4.69) is 36.6 Å². The third-order valence-electron chi connectivity index (χ3n) is 5.69. The van der Waals surface area contributed by atoms with Gasteiger partial charge < -0.3 is 24.2 Å². The Kier molecular flexibility index (Phi) is 7.68. The standard InChI is InChI=1S/C25H36N2O4/c1-25(2,3)21-16-20(10-11-23(21)29-4)31-18-19(28)17-26-12-14-27(15-13-26)22-8-6-7-9-24(22)30-5/h6-11,16,19,28H,12-15,17-18H2,1-5H3. The number of aliphatic hydroxyl groups excluding tert-OH is 1. The fraction of sp³-hybridized carbons (Fsp3) is 0.520. The highest BCUT2D eigenvalue weighted by Crippen LogP contribution is 2.34. The van der Waals surface area contributed by atoms with Crippen molar-refractivity contribution in [2.45, 2.75) is 32.3 Å².